The Labute approximate surface area is 255 Å². The molecule has 0 saturated carbocycles. The Morgan fingerprint density at radius 3 is 2.47 bits per heavy atom. The number of carbonyl (C=O) groups is 3. The molecule has 3 aromatic rings. The number of nitrogens with zero attached hydrogens (tertiary/aromatic N) is 5. The molecule has 0 saturated heterocycles. The number of likely N-dealkylation sites (N-methyl/N-ethyl adjacent to an activating group) is 1. The van der Waals surface area contributed by atoms with Crippen LogP contribution in [0, 0.1) is 0 Å². The molecule has 2 heterocycles. The first-order chi connectivity index (χ1) is 20.2. The van der Waals surface area contributed by atoms with E-state index in [1.807, 2.05) is 32.0 Å². The molecule has 43 heavy (non-hydrogen) atoms. The van der Waals surface area contributed by atoms with Crippen LogP contribution in [0.15, 0.2) is 18.2 Å². The minimum atomic E-state index is -0.720. The predicted octanol–water partition coefficient (Wildman–Crippen LogP) is 2.26. The number of aryl methyl sites for hydroxylation is 2. The lowest BCUT2D eigenvalue weighted by Gasteiger charge is -2.28. The zero-order valence-electron chi connectivity index (χ0n) is 25.7. The second kappa shape index (κ2) is 13.8. The van der Waals surface area contributed by atoms with E-state index < -0.39 is 23.6 Å². The number of amides is 3. The maximum Gasteiger partial charge on any atom is 0.410 e. The van der Waals surface area contributed by atoms with Crippen LogP contribution in [-0.2, 0) is 29.2 Å². The standard InChI is InChI=1S/C28H40ClN9O5/c1-8-37-18-11-10-17(42-13-12-32-25(39)16(3)36(7)27(41)43-28(4,5)6)14-19(18)38(9-2)20(37)15-33-26(40)21-23(30)35-24(31)22(29)34-21/h10-11,14,16H,8-9,12-13,15H2,1-7H3,(H5-,30,31,32,33,35,39,40)/p+1/t16-/m0/s1. The molecule has 2 aromatic heterocycles. The molecule has 0 aliphatic carbocycles. The topological polar surface area (TPSA) is 184 Å². The Balaban J connectivity index is 1.66. The van der Waals surface area contributed by atoms with E-state index in [-0.39, 0.29) is 48.1 Å². The van der Waals surface area contributed by atoms with Crippen molar-refractivity contribution >= 4 is 52.2 Å². The second-order valence-electron chi connectivity index (χ2n) is 10.8. The van der Waals surface area contributed by atoms with Gasteiger partial charge in [0.2, 0.25) is 5.91 Å². The number of fused-ring (bicyclic) bond motifs is 1. The van der Waals surface area contributed by atoms with Crippen molar-refractivity contribution in [1.82, 2.24) is 30.1 Å². The number of carbonyl (C=O) groups excluding carboxylic acids is 3. The summed E-state index contributed by atoms with van der Waals surface area (Å²) in [6.45, 7) is 12.9. The maximum atomic E-state index is 12.8. The SMILES string of the molecule is CCn1c(CNC(=O)c2nc(Cl)c(N)nc2N)[n+](CC)c2ccc(OCCNC(=O)[C@H](C)N(C)C(=O)OC(C)(C)C)cc21. The van der Waals surface area contributed by atoms with Crippen LogP contribution in [-0.4, -0.2) is 69.2 Å². The molecule has 3 amide bonds. The van der Waals surface area contributed by atoms with E-state index in [1.54, 1.807) is 27.7 Å². The molecule has 234 valence electrons. The number of nitrogens with two attached hydrogens (primary N) is 2. The van der Waals surface area contributed by atoms with Gasteiger partial charge in [0.05, 0.1) is 19.6 Å². The van der Waals surface area contributed by atoms with Crippen molar-refractivity contribution in [2.45, 2.75) is 72.8 Å². The van der Waals surface area contributed by atoms with E-state index in [1.165, 1.54) is 11.9 Å². The molecule has 15 heteroatoms. The van der Waals surface area contributed by atoms with E-state index in [0.717, 1.165) is 16.9 Å². The van der Waals surface area contributed by atoms with Gasteiger partial charge in [-0.3, -0.25) is 14.5 Å². The summed E-state index contributed by atoms with van der Waals surface area (Å²) in [4.78, 5) is 46.8. The highest BCUT2D eigenvalue weighted by atomic mass is 35.5. The number of hydrogen-bond acceptors (Lipinski definition) is 9. The first-order valence-electron chi connectivity index (χ1n) is 14.0. The number of rotatable bonds is 11. The number of nitrogens with one attached hydrogen (secondary N) is 2. The summed E-state index contributed by atoms with van der Waals surface area (Å²) in [5.74, 6) is 0.463. The van der Waals surface area contributed by atoms with Crippen molar-refractivity contribution in [3.63, 3.8) is 0 Å². The van der Waals surface area contributed by atoms with Crippen molar-refractivity contribution < 1.29 is 28.4 Å². The first-order valence-corrected chi connectivity index (χ1v) is 14.3. The largest absolute Gasteiger partial charge is 0.492 e. The predicted molar refractivity (Wildman–Crippen MR) is 162 cm³/mol. The van der Waals surface area contributed by atoms with Gasteiger partial charge in [-0.2, -0.15) is 0 Å². The smallest absolute Gasteiger partial charge is 0.410 e. The molecule has 3 rings (SSSR count). The highest BCUT2D eigenvalue weighted by Crippen LogP contribution is 2.22. The summed E-state index contributed by atoms with van der Waals surface area (Å²) >= 11 is 5.93. The van der Waals surface area contributed by atoms with E-state index in [9.17, 15) is 14.4 Å². The van der Waals surface area contributed by atoms with Gasteiger partial charge in [0.15, 0.2) is 33.5 Å². The van der Waals surface area contributed by atoms with Crippen LogP contribution in [0.3, 0.4) is 0 Å². The van der Waals surface area contributed by atoms with Gasteiger partial charge in [0, 0.05) is 13.1 Å². The van der Waals surface area contributed by atoms with Crippen LogP contribution in [0.2, 0.25) is 5.15 Å². The average molecular weight is 619 g/mol. The van der Waals surface area contributed by atoms with E-state index in [2.05, 4.69) is 29.7 Å². The number of halogens is 1. The molecule has 0 aliphatic heterocycles. The summed E-state index contributed by atoms with van der Waals surface area (Å²) in [6.07, 6.45) is -0.575. The van der Waals surface area contributed by atoms with E-state index >= 15 is 0 Å². The first kappa shape index (κ1) is 33.2. The zero-order valence-corrected chi connectivity index (χ0v) is 26.4. The number of benzene rings is 1. The molecule has 0 bridgehead atoms. The number of anilines is 2. The Morgan fingerprint density at radius 1 is 1.14 bits per heavy atom. The van der Waals surface area contributed by atoms with Gasteiger partial charge >= 0.3 is 6.09 Å². The number of nitrogen functional groups attached to an aromatic ring is 2. The quantitative estimate of drug-likeness (QED) is 0.185. The molecule has 1 aromatic carbocycles. The lowest BCUT2D eigenvalue weighted by Crippen LogP contribution is -2.48. The van der Waals surface area contributed by atoms with Crippen molar-refractivity contribution in [2.24, 2.45) is 0 Å². The van der Waals surface area contributed by atoms with Gasteiger partial charge in [-0.1, -0.05) is 11.6 Å². The molecule has 6 N–H and O–H groups in total. The highest BCUT2D eigenvalue weighted by molar-refractivity contribution is 6.31. The van der Waals surface area contributed by atoms with Gasteiger partial charge in [-0.05, 0) is 53.7 Å². The molecule has 0 fully saturated rings. The summed E-state index contributed by atoms with van der Waals surface area (Å²) in [5, 5.41) is 5.54. The summed E-state index contributed by atoms with van der Waals surface area (Å²) in [5.41, 5.74) is 12.6. The zero-order chi connectivity index (χ0) is 32.1. The number of ether oxygens (including phenoxy) is 2. The Hall–Kier alpha value is -4.33. The Kier molecular flexibility index (Phi) is 10.6. The normalized spacial score (nSPS) is 12.1. The Morgan fingerprint density at radius 2 is 1.84 bits per heavy atom. The summed E-state index contributed by atoms with van der Waals surface area (Å²) in [6, 6.07) is 5.00. The molecule has 0 spiro atoms. The molecular formula is C28H41ClN9O5+. The molecule has 14 nitrogen and oxygen atoms in total. The maximum absolute atomic E-state index is 12.8. The minimum Gasteiger partial charge on any atom is -0.492 e. The molecular weight excluding hydrogens is 578 g/mol. The van der Waals surface area contributed by atoms with Crippen LogP contribution in [0.1, 0.15) is 57.9 Å². The third-order valence-electron chi connectivity index (χ3n) is 6.62. The average Bonchev–Trinajstić information content (AvgIpc) is 3.25. The minimum absolute atomic E-state index is 0.0496. The van der Waals surface area contributed by atoms with Crippen molar-refractivity contribution in [3.05, 3.63) is 34.9 Å². The third-order valence-corrected chi connectivity index (χ3v) is 6.90. The van der Waals surface area contributed by atoms with Gasteiger partial charge in [-0.15, -0.1) is 0 Å². The van der Waals surface area contributed by atoms with Crippen LogP contribution in [0.5, 0.6) is 5.75 Å². The Bertz CT molecular complexity index is 1500. The van der Waals surface area contributed by atoms with Crippen LogP contribution < -0.4 is 31.4 Å². The summed E-state index contributed by atoms with van der Waals surface area (Å²) < 4.78 is 15.4. The highest BCUT2D eigenvalue weighted by Gasteiger charge is 2.27. The van der Waals surface area contributed by atoms with Crippen molar-refractivity contribution in [2.75, 3.05) is 31.7 Å². The van der Waals surface area contributed by atoms with Crippen molar-refractivity contribution in [3.8, 4) is 5.75 Å². The van der Waals surface area contributed by atoms with Crippen LogP contribution in [0.25, 0.3) is 11.0 Å². The molecule has 0 unspecified atom stereocenters. The number of imidazole rings is 1. The fourth-order valence-electron chi connectivity index (χ4n) is 4.37. The van der Waals surface area contributed by atoms with Gasteiger partial charge in [0.1, 0.15) is 30.5 Å². The number of aromatic nitrogens is 4. The van der Waals surface area contributed by atoms with Gasteiger partial charge in [-0.25, -0.2) is 23.9 Å². The van der Waals surface area contributed by atoms with Crippen molar-refractivity contribution in [1.29, 1.82) is 0 Å². The monoisotopic (exact) mass is 618 g/mol. The van der Waals surface area contributed by atoms with E-state index in [0.29, 0.717) is 18.8 Å². The summed E-state index contributed by atoms with van der Waals surface area (Å²) in [7, 11) is 1.52. The molecule has 0 aliphatic rings. The van der Waals surface area contributed by atoms with Crippen LogP contribution in [0.4, 0.5) is 16.4 Å². The van der Waals surface area contributed by atoms with Gasteiger partial charge in [0.25, 0.3) is 11.7 Å². The van der Waals surface area contributed by atoms with E-state index in [4.69, 9.17) is 32.5 Å². The second-order valence-corrected chi connectivity index (χ2v) is 11.1. The molecule has 0 radical (unpaired) electrons. The molecule has 1 atom stereocenters. The lowest BCUT2D eigenvalue weighted by molar-refractivity contribution is -0.676. The number of hydrogen-bond donors (Lipinski definition) is 4. The van der Waals surface area contributed by atoms with Crippen LogP contribution >= 0.6 is 11.6 Å². The lowest BCUT2D eigenvalue weighted by atomic mass is 10.2. The van der Waals surface area contributed by atoms with Gasteiger partial charge < -0.3 is 31.6 Å². The fourth-order valence-corrected chi connectivity index (χ4v) is 4.50. The fraction of sp³-hybridized carbons (Fsp3) is 0.500. The third kappa shape index (κ3) is 7.95.